The van der Waals surface area contributed by atoms with E-state index in [9.17, 15) is 14.0 Å². The van der Waals surface area contributed by atoms with Crippen molar-refractivity contribution in [2.75, 3.05) is 18.8 Å². The zero-order valence-corrected chi connectivity index (χ0v) is 14.8. The van der Waals surface area contributed by atoms with Crippen molar-refractivity contribution in [3.8, 4) is 11.1 Å². The third-order valence-corrected chi connectivity index (χ3v) is 4.11. The van der Waals surface area contributed by atoms with Gasteiger partial charge in [0.1, 0.15) is 11.6 Å². The van der Waals surface area contributed by atoms with E-state index in [2.05, 4.69) is 15.6 Å². The van der Waals surface area contributed by atoms with Crippen LogP contribution < -0.4 is 16.4 Å². The lowest BCUT2D eigenvalue weighted by atomic mass is 9.99. The summed E-state index contributed by atoms with van der Waals surface area (Å²) in [5.74, 6) is -0.505. The third-order valence-electron chi connectivity index (χ3n) is 4.11. The number of aromatic nitrogens is 1. The zero-order valence-electron chi connectivity index (χ0n) is 14.8. The Labute approximate surface area is 155 Å². The molecule has 0 saturated heterocycles. The highest BCUT2D eigenvalue weighted by molar-refractivity contribution is 6.09. The first-order valence-electron chi connectivity index (χ1n) is 8.42. The average molecular weight is 366 g/mol. The molecule has 138 valence electrons. The van der Waals surface area contributed by atoms with Gasteiger partial charge in [-0.25, -0.2) is 9.37 Å². The van der Waals surface area contributed by atoms with E-state index in [1.165, 1.54) is 25.3 Å². The fourth-order valence-electron chi connectivity index (χ4n) is 2.80. The van der Waals surface area contributed by atoms with Gasteiger partial charge in [0.25, 0.3) is 5.91 Å². The van der Waals surface area contributed by atoms with Gasteiger partial charge in [-0.05, 0) is 34.7 Å². The van der Waals surface area contributed by atoms with Gasteiger partial charge in [0.2, 0.25) is 5.91 Å². The molecular formula is C20H19FN4O2. The molecule has 0 bridgehead atoms. The number of nitrogen functional groups attached to an aromatic ring is 1. The van der Waals surface area contributed by atoms with Crippen molar-refractivity contribution in [3.05, 3.63) is 60.0 Å². The van der Waals surface area contributed by atoms with E-state index in [1.54, 1.807) is 24.3 Å². The molecule has 6 nitrogen and oxygen atoms in total. The molecule has 0 aliphatic rings. The number of anilines is 1. The van der Waals surface area contributed by atoms with Crippen LogP contribution in [0, 0.1) is 5.82 Å². The fraction of sp³-hybridized carbons (Fsp3) is 0.150. The average Bonchev–Trinajstić information content (AvgIpc) is 2.65. The van der Waals surface area contributed by atoms with E-state index < -0.39 is 0 Å². The third kappa shape index (κ3) is 4.20. The lowest BCUT2D eigenvalue weighted by Crippen LogP contribution is -2.33. The van der Waals surface area contributed by atoms with E-state index in [-0.39, 0.29) is 23.4 Å². The summed E-state index contributed by atoms with van der Waals surface area (Å²) in [6, 6.07) is 11.6. The molecule has 3 aromatic rings. The Morgan fingerprint density at radius 3 is 2.52 bits per heavy atom. The molecule has 2 amide bonds. The van der Waals surface area contributed by atoms with Crippen molar-refractivity contribution in [1.82, 2.24) is 15.6 Å². The Kier molecular flexibility index (Phi) is 5.30. The quantitative estimate of drug-likeness (QED) is 0.604. The standard InChI is InChI=1S/C20H19FN4O2/c1-12(26)23-7-8-24-20(27)18-11-25-19(22)17-10-14(5-6-16(17)18)13-3-2-4-15(21)9-13/h2-6,9-11H,7-8H2,1H3,(H2,22,25)(H,23,26)(H,24,27). The van der Waals surface area contributed by atoms with E-state index in [4.69, 9.17) is 5.73 Å². The molecule has 0 spiro atoms. The molecule has 1 heterocycles. The molecule has 0 unspecified atom stereocenters. The molecule has 4 N–H and O–H groups in total. The minimum absolute atomic E-state index is 0.159. The van der Waals surface area contributed by atoms with Crippen LogP contribution in [-0.2, 0) is 4.79 Å². The summed E-state index contributed by atoms with van der Waals surface area (Å²) in [5, 5.41) is 6.61. The second-order valence-corrected chi connectivity index (χ2v) is 6.07. The molecule has 0 radical (unpaired) electrons. The number of rotatable bonds is 5. The van der Waals surface area contributed by atoms with Gasteiger partial charge in [-0.1, -0.05) is 24.3 Å². The van der Waals surface area contributed by atoms with Crippen molar-refractivity contribution in [2.45, 2.75) is 6.92 Å². The molecule has 1 aromatic heterocycles. The minimum atomic E-state index is -0.328. The molecule has 27 heavy (non-hydrogen) atoms. The van der Waals surface area contributed by atoms with Gasteiger partial charge in [-0.3, -0.25) is 9.59 Å². The van der Waals surface area contributed by atoms with Crippen LogP contribution in [0.1, 0.15) is 17.3 Å². The predicted molar refractivity (Wildman–Crippen MR) is 103 cm³/mol. The first-order valence-corrected chi connectivity index (χ1v) is 8.42. The number of benzene rings is 2. The number of carbonyl (C=O) groups is 2. The molecule has 3 rings (SSSR count). The Balaban J connectivity index is 1.91. The fourth-order valence-corrected chi connectivity index (χ4v) is 2.80. The molecule has 7 heteroatoms. The highest BCUT2D eigenvalue weighted by Crippen LogP contribution is 2.29. The minimum Gasteiger partial charge on any atom is -0.383 e. The number of amides is 2. The molecule has 0 atom stereocenters. The molecule has 2 aromatic carbocycles. The number of nitrogens with two attached hydrogens (primary N) is 1. The van der Waals surface area contributed by atoms with E-state index >= 15 is 0 Å². The second-order valence-electron chi connectivity index (χ2n) is 6.07. The number of nitrogens with one attached hydrogen (secondary N) is 2. The predicted octanol–water partition coefficient (Wildman–Crippen LogP) is 2.49. The van der Waals surface area contributed by atoms with Crippen LogP contribution in [0.3, 0.4) is 0 Å². The summed E-state index contributed by atoms with van der Waals surface area (Å²) in [6.45, 7) is 2.05. The van der Waals surface area contributed by atoms with Gasteiger partial charge in [0.15, 0.2) is 0 Å². The van der Waals surface area contributed by atoms with E-state index in [0.29, 0.717) is 35.0 Å². The van der Waals surface area contributed by atoms with E-state index in [0.717, 1.165) is 5.56 Å². The number of fused-ring (bicyclic) bond motifs is 1. The van der Waals surface area contributed by atoms with Crippen molar-refractivity contribution < 1.29 is 14.0 Å². The van der Waals surface area contributed by atoms with Crippen molar-refractivity contribution in [2.24, 2.45) is 0 Å². The van der Waals surface area contributed by atoms with Gasteiger partial charge >= 0.3 is 0 Å². The summed E-state index contributed by atoms with van der Waals surface area (Å²) >= 11 is 0. The summed E-state index contributed by atoms with van der Waals surface area (Å²) in [4.78, 5) is 27.4. The van der Waals surface area contributed by atoms with Crippen molar-refractivity contribution >= 4 is 28.4 Å². The Bertz CT molecular complexity index is 1020. The van der Waals surface area contributed by atoms with Crippen LogP contribution in [0.5, 0.6) is 0 Å². The number of hydrogen-bond donors (Lipinski definition) is 3. The summed E-state index contributed by atoms with van der Waals surface area (Å²) < 4.78 is 13.5. The molecule has 0 fully saturated rings. The number of nitrogens with zero attached hydrogens (tertiary/aromatic N) is 1. The molecular weight excluding hydrogens is 347 g/mol. The molecule has 0 aliphatic carbocycles. The maximum atomic E-state index is 13.5. The van der Waals surface area contributed by atoms with Crippen LogP contribution in [0.25, 0.3) is 21.9 Å². The van der Waals surface area contributed by atoms with Crippen LogP contribution in [0.2, 0.25) is 0 Å². The first kappa shape index (κ1) is 18.3. The normalized spacial score (nSPS) is 10.6. The first-order chi connectivity index (χ1) is 13.0. The van der Waals surface area contributed by atoms with Crippen molar-refractivity contribution in [1.29, 1.82) is 0 Å². The van der Waals surface area contributed by atoms with Gasteiger partial charge < -0.3 is 16.4 Å². The Morgan fingerprint density at radius 2 is 1.78 bits per heavy atom. The molecule has 0 aliphatic heterocycles. The van der Waals surface area contributed by atoms with Crippen LogP contribution in [0.15, 0.2) is 48.7 Å². The summed E-state index contributed by atoms with van der Waals surface area (Å²) in [5.41, 5.74) is 7.86. The lowest BCUT2D eigenvalue weighted by Gasteiger charge is -2.11. The van der Waals surface area contributed by atoms with Gasteiger partial charge in [0.05, 0.1) is 5.56 Å². The number of hydrogen-bond acceptors (Lipinski definition) is 4. The van der Waals surface area contributed by atoms with Gasteiger partial charge in [-0.15, -0.1) is 0 Å². The topological polar surface area (TPSA) is 97.1 Å². The number of pyridine rings is 1. The zero-order chi connectivity index (χ0) is 19.4. The van der Waals surface area contributed by atoms with Crippen molar-refractivity contribution in [3.63, 3.8) is 0 Å². The number of carbonyl (C=O) groups excluding carboxylic acids is 2. The smallest absolute Gasteiger partial charge is 0.253 e. The highest BCUT2D eigenvalue weighted by Gasteiger charge is 2.13. The maximum Gasteiger partial charge on any atom is 0.253 e. The monoisotopic (exact) mass is 366 g/mol. The van der Waals surface area contributed by atoms with Crippen LogP contribution in [0.4, 0.5) is 10.2 Å². The van der Waals surface area contributed by atoms with E-state index in [1.807, 2.05) is 6.07 Å². The Hall–Kier alpha value is -3.48. The number of halogens is 1. The second kappa shape index (κ2) is 7.82. The summed E-state index contributed by atoms with van der Waals surface area (Å²) in [7, 11) is 0. The van der Waals surface area contributed by atoms with Gasteiger partial charge in [-0.2, -0.15) is 0 Å². The molecule has 0 saturated carbocycles. The Morgan fingerprint density at radius 1 is 1.04 bits per heavy atom. The largest absolute Gasteiger partial charge is 0.383 e. The SMILES string of the molecule is CC(=O)NCCNC(=O)c1cnc(N)c2cc(-c3cccc(F)c3)ccc12. The van der Waals surface area contributed by atoms with Crippen LogP contribution >= 0.6 is 0 Å². The van der Waals surface area contributed by atoms with Gasteiger partial charge in [0, 0.05) is 31.6 Å². The summed E-state index contributed by atoms with van der Waals surface area (Å²) in [6.07, 6.45) is 1.42. The van der Waals surface area contributed by atoms with Crippen LogP contribution in [-0.4, -0.2) is 29.9 Å². The lowest BCUT2D eigenvalue weighted by molar-refractivity contribution is -0.118. The highest BCUT2D eigenvalue weighted by atomic mass is 19.1. The maximum absolute atomic E-state index is 13.5.